The van der Waals surface area contributed by atoms with Crippen LogP contribution in [0, 0.1) is 0 Å². The number of nitrogens with zero attached hydrogens (tertiary/aromatic N) is 2. The standard InChI is InChI=1S/C12H19N3O4/c1-2-3-4-7-19-9-11(16)13-10-5-6-15(14-10)8-12(17)18/h5-6H,2-4,7-9H2,1H3,(H,17,18)(H,13,14,16). The van der Waals surface area contributed by atoms with Crippen LogP contribution >= 0.6 is 0 Å². The molecule has 106 valence electrons. The van der Waals surface area contributed by atoms with E-state index in [0.29, 0.717) is 12.4 Å². The molecule has 1 amide bonds. The number of carboxylic acids is 1. The van der Waals surface area contributed by atoms with Crippen LogP contribution in [0.25, 0.3) is 0 Å². The third-order valence-corrected chi connectivity index (χ3v) is 2.33. The Morgan fingerprint density at radius 1 is 1.47 bits per heavy atom. The first-order chi connectivity index (χ1) is 9.11. The predicted molar refractivity (Wildman–Crippen MR) is 68.8 cm³/mol. The topological polar surface area (TPSA) is 93.5 Å². The Bertz CT molecular complexity index is 417. The van der Waals surface area contributed by atoms with Gasteiger partial charge in [0.15, 0.2) is 5.82 Å². The van der Waals surface area contributed by atoms with Gasteiger partial charge in [0.25, 0.3) is 5.91 Å². The van der Waals surface area contributed by atoms with Gasteiger partial charge in [0.2, 0.25) is 0 Å². The van der Waals surface area contributed by atoms with E-state index in [0.717, 1.165) is 19.3 Å². The van der Waals surface area contributed by atoms with Crippen molar-refractivity contribution in [1.82, 2.24) is 9.78 Å². The molecule has 0 aliphatic heterocycles. The Morgan fingerprint density at radius 3 is 2.95 bits per heavy atom. The maximum absolute atomic E-state index is 11.5. The van der Waals surface area contributed by atoms with Crippen molar-refractivity contribution < 1.29 is 19.4 Å². The first-order valence-electron chi connectivity index (χ1n) is 6.24. The first-order valence-corrected chi connectivity index (χ1v) is 6.24. The van der Waals surface area contributed by atoms with Crippen molar-refractivity contribution in [1.29, 1.82) is 0 Å². The highest BCUT2D eigenvalue weighted by atomic mass is 16.5. The van der Waals surface area contributed by atoms with E-state index in [9.17, 15) is 9.59 Å². The molecule has 2 N–H and O–H groups in total. The zero-order valence-electron chi connectivity index (χ0n) is 11.0. The van der Waals surface area contributed by atoms with Gasteiger partial charge in [0.1, 0.15) is 13.2 Å². The summed E-state index contributed by atoms with van der Waals surface area (Å²) >= 11 is 0. The van der Waals surface area contributed by atoms with Crippen LogP contribution in [-0.4, -0.2) is 40.0 Å². The molecule has 1 aromatic heterocycles. The van der Waals surface area contributed by atoms with Crippen LogP contribution < -0.4 is 5.32 Å². The van der Waals surface area contributed by atoms with Gasteiger partial charge >= 0.3 is 5.97 Å². The highest BCUT2D eigenvalue weighted by Gasteiger charge is 2.06. The minimum Gasteiger partial charge on any atom is -0.480 e. The lowest BCUT2D eigenvalue weighted by Gasteiger charge is -2.03. The summed E-state index contributed by atoms with van der Waals surface area (Å²) in [5, 5.41) is 15.0. The van der Waals surface area contributed by atoms with Gasteiger partial charge in [-0.3, -0.25) is 14.3 Å². The molecule has 0 radical (unpaired) electrons. The molecule has 7 nitrogen and oxygen atoms in total. The van der Waals surface area contributed by atoms with Crippen LogP contribution in [-0.2, 0) is 20.9 Å². The quantitative estimate of drug-likeness (QED) is 0.655. The summed E-state index contributed by atoms with van der Waals surface area (Å²) < 4.78 is 6.44. The number of amides is 1. The summed E-state index contributed by atoms with van der Waals surface area (Å²) in [5.41, 5.74) is 0. The largest absolute Gasteiger partial charge is 0.480 e. The molecule has 0 aliphatic rings. The summed E-state index contributed by atoms with van der Waals surface area (Å²) in [6.07, 6.45) is 4.63. The van der Waals surface area contributed by atoms with Crippen molar-refractivity contribution in [2.24, 2.45) is 0 Å². The van der Waals surface area contributed by atoms with Gasteiger partial charge in [-0.25, -0.2) is 0 Å². The normalized spacial score (nSPS) is 10.4. The van der Waals surface area contributed by atoms with Crippen molar-refractivity contribution in [3.05, 3.63) is 12.3 Å². The molecule has 0 unspecified atom stereocenters. The fourth-order valence-electron chi connectivity index (χ4n) is 1.45. The molecule has 1 rings (SSSR count). The average molecular weight is 269 g/mol. The number of carboxylic acid groups (broad SMARTS) is 1. The van der Waals surface area contributed by atoms with Gasteiger partial charge in [0.05, 0.1) is 0 Å². The lowest BCUT2D eigenvalue weighted by Crippen LogP contribution is -2.19. The first kappa shape index (κ1) is 15.2. The highest BCUT2D eigenvalue weighted by molar-refractivity contribution is 5.90. The van der Waals surface area contributed by atoms with Crippen molar-refractivity contribution in [2.45, 2.75) is 32.7 Å². The molecule has 1 heterocycles. The van der Waals surface area contributed by atoms with Crippen LogP contribution in [0.4, 0.5) is 5.82 Å². The summed E-state index contributed by atoms with van der Waals surface area (Å²) in [6, 6.07) is 1.54. The number of aliphatic carboxylic acids is 1. The van der Waals surface area contributed by atoms with Crippen LogP contribution in [0.1, 0.15) is 26.2 Å². The van der Waals surface area contributed by atoms with E-state index in [1.807, 2.05) is 0 Å². The Labute approximate surface area is 111 Å². The number of aromatic nitrogens is 2. The van der Waals surface area contributed by atoms with E-state index in [-0.39, 0.29) is 19.1 Å². The Balaban J connectivity index is 2.24. The average Bonchev–Trinajstić information content (AvgIpc) is 2.75. The number of unbranched alkanes of at least 4 members (excludes halogenated alkanes) is 2. The van der Waals surface area contributed by atoms with Crippen molar-refractivity contribution in [2.75, 3.05) is 18.5 Å². The SMILES string of the molecule is CCCCCOCC(=O)Nc1ccn(CC(=O)O)n1. The van der Waals surface area contributed by atoms with Gasteiger partial charge in [-0.05, 0) is 6.42 Å². The van der Waals surface area contributed by atoms with Crippen LogP contribution in [0.5, 0.6) is 0 Å². The number of nitrogens with one attached hydrogen (secondary N) is 1. The molecule has 0 spiro atoms. The smallest absolute Gasteiger partial charge is 0.325 e. The van der Waals surface area contributed by atoms with E-state index in [4.69, 9.17) is 9.84 Å². The number of anilines is 1. The summed E-state index contributed by atoms with van der Waals surface area (Å²) in [6.45, 7) is 2.41. The van der Waals surface area contributed by atoms with E-state index >= 15 is 0 Å². The fraction of sp³-hybridized carbons (Fsp3) is 0.583. The molecule has 7 heteroatoms. The third-order valence-electron chi connectivity index (χ3n) is 2.33. The van der Waals surface area contributed by atoms with Gasteiger partial charge < -0.3 is 15.2 Å². The monoisotopic (exact) mass is 269 g/mol. The number of carbonyl (C=O) groups excluding carboxylic acids is 1. The number of carbonyl (C=O) groups is 2. The molecule has 0 fully saturated rings. The number of hydrogen-bond donors (Lipinski definition) is 2. The van der Waals surface area contributed by atoms with Crippen LogP contribution in [0.15, 0.2) is 12.3 Å². The van der Waals surface area contributed by atoms with E-state index in [2.05, 4.69) is 17.3 Å². The van der Waals surface area contributed by atoms with Crippen LogP contribution in [0.3, 0.4) is 0 Å². The predicted octanol–water partition coefficient (Wildman–Crippen LogP) is 1.11. The van der Waals surface area contributed by atoms with Crippen molar-refractivity contribution in [3.63, 3.8) is 0 Å². The van der Waals surface area contributed by atoms with E-state index < -0.39 is 5.97 Å². The maximum atomic E-state index is 11.5. The number of ether oxygens (including phenoxy) is 1. The van der Waals surface area contributed by atoms with Crippen molar-refractivity contribution >= 4 is 17.7 Å². The molecule has 0 bridgehead atoms. The molecule has 0 atom stereocenters. The summed E-state index contributed by atoms with van der Waals surface area (Å²) in [5.74, 6) is -0.958. The minimum atomic E-state index is -0.986. The zero-order valence-corrected chi connectivity index (χ0v) is 11.0. The number of rotatable bonds is 9. The molecular formula is C12H19N3O4. The summed E-state index contributed by atoms with van der Waals surface area (Å²) in [4.78, 5) is 21.9. The Morgan fingerprint density at radius 2 is 2.26 bits per heavy atom. The molecule has 1 aromatic rings. The second-order valence-electron chi connectivity index (χ2n) is 4.10. The zero-order chi connectivity index (χ0) is 14.1. The molecule has 0 saturated carbocycles. The molecule has 0 saturated heterocycles. The molecular weight excluding hydrogens is 250 g/mol. The fourth-order valence-corrected chi connectivity index (χ4v) is 1.45. The van der Waals surface area contributed by atoms with Gasteiger partial charge in [-0.15, -0.1) is 0 Å². The summed E-state index contributed by atoms with van der Waals surface area (Å²) in [7, 11) is 0. The lowest BCUT2D eigenvalue weighted by molar-refractivity contribution is -0.137. The number of hydrogen-bond acceptors (Lipinski definition) is 4. The van der Waals surface area contributed by atoms with Crippen molar-refractivity contribution in [3.8, 4) is 0 Å². The lowest BCUT2D eigenvalue weighted by atomic mass is 10.3. The molecule has 0 aliphatic carbocycles. The van der Waals surface area contributed by atoms with Gasteiger partial charge in [-0.2, -0.15) is 5.10 Å². The second-order valence-corrected chi connectivity index (χ2v) is 4.10. The molecule has 19 heavy (non-hydrogen) atoms. The van der Waals surface area contributed by atoms with E-state index in [1.165, 1.54) is 16.9 Å². The third kappa shape index (κ3) is 6.56. The van der Waals surface area contributed by atoms with E-state index in [1.54, 1.807) is 0 Å². The Kier molecular flexibility index (Phi) is 6.59. The van der Waals surface area contributed by atoms with Gasteiger partial charge in [-0.1, -0.05) is 19.8 Å². The minimum absolute atomic E-state index is 0.0183. The maximum Gasteiger partial charge on any atom is 0.325 e. The molecule has 0 aromatic carbocycles. The van der Waals surface area contributed by atoms with Gasteiger partial charge in [0, 0.05) is 18.9 Å². The second kappa shape index (κ2) is 8.25. The highest BCUT2D eigenvalue weighted by Crippen LogP contribution is 2.02. The Hall–Kier alpha value is -1.89. The van der Waals surface area contributed by atoms with Crippen LogP contribution in [0.2, 0.25) is 0 Å².